The van der Waals surface area contributed by atoms with E-state index in [9.17, 15) is 0 Å². The van der Waals surface area contributed by atoms with Crippen LogP contribution < -0.4 is 5.73 Å². The van der Waals surface area contributed by atoms with E-state index in [1.165, 1.54) is 0 Å². The Bertz CT molecular complexity index is 707. The Hall–Kier alpha value is -2.36. The van der Waals surface area contributed by atoms with Gasteiger partial charge in [-0.1, -0.05) is 12.1 Å². The van der Waals surface area contributed by atoms with Crippen LogP contribution in [0.4, 0.5) is 5.69 Å². The first-order valence-electron chi connectivity index (χ1n) is 5.80. The second-order valence-electron chi connectivity index (χ2n) is 4.40. The molecule has 0 fully saturated rings. The Morgan fingerprint density at radius 2 is 2.06 bits per heavy atom. The third-order valence-electron chi connectivity index (χ3n) is 3.21. The lowest BCUT2D eigenvalue weighted by molar-refractivity contribution is 0.955. The number of pyridine rings is 1. The number of hydrogen-bond donors (Lipinski definition) is 1. The number of fused-ring (bicyclic) bond motifs is 1. The van der Waals surface area contributed by atoms with Crippen molar-refractivity contribution in [3.8, 4) is 11.4 Å². The third kappa shape index (κ3) is 1.46. The molecule has 0 amide bonds. The van der Waals surface area contributed by atoms with E-state index >= 15 is 0 Å². The van der Waals surface area contributed by atoms with Crippen molar-refractivity contribution in [2.24, 2.45) is 7.05 Å². The lowest BCUT2D eigenvalue weighted by Crippen LogP contribution is -1.99. The van der Waals surface area contributed by atoms with E-state index in [2.05, 4.69) is 9.97 Å². The third-order valence-corrected chi connectivity index (χ3v) is 3.21. The molecule has 0 saturated carbocycles. The van der Waals surface area contributed by atoms with Gasteiger partial charge in [0.1, 0.15) is 5.82 Å². The minimum absolute atomic E-state index is 0.751. The normalized spacial score (nSPS) is 11.0. The standard InChI is InChI=1S/C14H14N4/c1-9-4-3-5-10(15)13(9)14-17-11-6-7-16-8-12(11)18(14)2/h3-8H,15H2,1-2H3. The lowest BCUT2D eigenvalue weighted by Gasteiger charge is -2.09. The van der Waals surface area contributed by atoms with E-state index in [-0.39, 0.29) is 0 Å². The summed E-state index contributed by atoms with van der Waals surface area (Å²) in [4.78, 5) is 8.78. The van der Waals surface area contributed by atoms with Crippen molar-refractivity contribution in [3.05, 3.63) is 42.2 Å². The van der Waals surface area contributed by atoms with Crippen LogP contribution in [0.25, 0.3) is 22.4 Å². The summed E-state index contributed by atoms with van der Waals surface area (Å²) in [6.45, 7) is 2.04. The smallest absolute Gasteiger partial charge is 0.143 e. The largest absolute Gasteiger partial charge is 0.398 e. The monoisotopic (exact) mass is 238 g/mol. The van der Waals surface area contributed by atoms with Crippen LogP contribution in [0.15, 0.2) is 36.7 Å². The second-order valence-corrected chi connectivity index (χ2v) is 4.40. The molecule has 4 nitrogen and oxygen atoms in total. The number of rotatable bonds is 1. The van der Waals surface area contributed by atoms with E-state index < -0.39 is 0 Å². The lowest BCUT2D eigenvalue weighted by atomic mass is 10.1. The number of nitrogen functional groups attached to an aromatic ring is 1. The Labute approximate surface area is 105 Å². The quantitative estimate of drug-likeness (QED) is 0.663. The van der Waals surface area contributed by atoms with E-state index in [0.717, 1.165) is 33.7 Å². The molecule has 0 unspecified atom stereocenters. The summed E-state index contributed by atoms with van der Waals surface area (Å²) in [6, 6.07) is 7.81. The van der Waals surface area contributed by atoms with Gasteiger partial charge in [-0.3, -0.25) is 4.98 Å². The zero-order chi connectivity index (χ0) is 12.7. The molecule has 2 heterocycles. The van der Waals surface area contributed by atoms with Crippen molar-refractivity contribution in [1.29, 1.82) is 0 Å². The molecule has 3 rings (SSSR count). The van der Waals surface area contributed by atoms with Crippen LogP contribution in [0.1, 0.15) is 5.56 Å². The fourth-order valence-electron chi connectivity index (χ4n) is 2.25. The highest BCUT2D eigenvalue weighted by Gasteiger charge is 2.13. The van der Waals surface area contributed by atoms with Crippen molar-refractivity contribution < 1.29 is 0 Å². The van der Waals surface area contributed by atoms with Gasteiger partial charge in [0.25, 0.3) is 0 Å². The maximum absolute atomic E-state index is 6.08. The first-order chi connectivity index (χ1) is 8.68. The number of aryl methyl sites for hydroxylation is 2. The number of imidazole rings is 1. The van der Waals surface area contributed by atoms with Crippen LogP contribution in [0.5, 0.6) is 0 Å². The first kappa shape index (κ1) is 10.8. The van der Waals surface area contributed by atoms with Gasteiger partial charge in [-0.15, -0.1) is 0 Å². The van der Waals surface area contributed by atoms with Crippen LogP contribution in [0, 0.1) is 6.92 Å². The molecule has 1 aromatic carbocycles. The zero-order valence-corrected chi connectivity index (χ0v) is 10.4. The summed E-state index contributed by atoms with van der Waals surface area (Å²) in [5.41, 5.74) is 10.9. The average molecular weight is 238 g/mol. The van der Waals surface area contributed by atoms with Crippen LogP contribution in [-0.2, 0) is 7.05 Å². The molecule has 0 saturated heterocycles. The maximum Gasteiger partial charge on any atom is 0.143 e. The fourth-order valence-corrected chi connectivity index (χ4v) is 2.25. The van der Waals surface area contributed by atoms with Gasteiger partial charge in [0, 0.05) is 24.5 Å². The summed E-state index contributed by atoms with van der Waals surface area (Å²) in [5.74, 6) is 0.883. The number of nitrogens with two attached hydrogens (primary N) is 1. The topological polar surface area (TPSA) is 56.7 Å². The van der Waals surface area contributed by atoms with Crippen molar-refractivity contribution in [2.45, 2.75) is 6.92 Å². The van der Waals surface area contributed by atoms with E-state index in [1.807, 2.05) is 49.0 Å². The second kappa shape index (κ2) is 3.84. The molecule has 0 aliphatic heterocycles. The van der Waals surface area contributed by atoms with Gasteiger partial charge in [-0.05, 0) is 24.6 Å². The molecule has 0 radical (unpaired) electrons. The van der Waals surface area contributed by atoms with Gasteiger partial charge in [0.2, 0.25) is 0 Å². The van der Waals surface area contributed by atoms with E-state index in [4.69, 9.17) is 5.73 Å². The number of anilines is 1. The number of nitrogens with zero attached hydrogens (tertiary/aromatic N) is 3. The Morgan fingerprint density at radius 3 is 2.78 bits per heavy atom. The molecule has 18 heavy (non-hydrogen) atoms. The van der Waals surface area contributed by atoms with Gasteiger partial charge in [0.05, 0.1) is 17.2 Å². The number of aromatic nitrogens is 3. The zero-order valence-electron chi connectivity index (χ0n) is 10.4. The molecule has 0 aliphatic carbocycles. The molecule has 0 aliphatic rings. The molecule has 4 heteroatoms. The molecular weight excluding hydrogens is 224 g/mol. The van der Waals surface area contributed by atoms with Gasteiger partial charge < -0.3 is 10.3 Å². The average Bonchev–Trinajstić information content (AvgIpc) is 2.68. The Balaban J connectivity index is 2.36. The van der Waals surface area contributed by atoms with Crippen LogP contribution >= 0.6 is 0 Å². The molecular formula is C14H14N4. The van der Waals surface area contributed by atoms with Crippen LogP contribution in [0.3, 0.4) is 0 Å². The van der Waals surface area contributed by atoms with Gasteiger partial charge in [-0.2, -0.15) is 0 Å². The number of benzene rings is 1. The van der Waals surface area contributed by atoms with Gasteiger partial charge in [0.15, 0.2) is 0 Å². The van der Waals surface area contributed by atoms with Crippen LogP contribution in [0.2, 0.25) is 0 Å². The van der Waals surface area contributed by atoms with Crippen molar-refractivity contribution >= 4 is 16.7 Å². The first-order valence-corrected chi connectivity index (χ1v) is 5.80. The molecule has 0 bridgehead atoms. The molecule has 2 N–H and O–H groups in total. The van der Waals surface area contributed by atoms with Crippen molar-refractivity contribution in [1.82, 2.24) is 14.5 Å². The van der Waals surface area contributed by atoms with Gasteiger partial charge in [-0.25, -0.2) is 4.98 Å². The van der Waals surface area contributed by atoms with Gasteiger partial charge >= 0.3 is 0 Å². The molecule has 3 aromatic rings. The summed E-state index contributed by atoms with van der Waals surface area (Å²) in [6.07, 6.45) is 3.57. The highest BCUT2D eigenvalue weighted by molar-refractivity contribution is 5.84. The SMILES string of the molecule is Cc1cccc(N)c1-c1nc2ccncc2n1C. The predicted octanol–water partition coefficient (Wildman–Crippen LogP) is 2.53. The Morgan fingerprint density at radius 1 is 1.22 bits per heavy atom. The highest BCUT2D eigenvalue weighted by Crippen LogP contribution is 2.30. The van der Waals surface area contributed by atoms with E-state index in [0.29, 0.717) is 0 Å². The fraction of sp³-hybridized carbons (Fsp3) is 0.143. The molecule has 0 atom stereocenters. The Kier molecular flexibility index (Phi) is 2.30. The van der Waals surface area contributed by atoms with Crippen molar-refractivity contribution in [2.75, 3.05) is 5.73 Å². The summed E-state index contributed by atoms with van der Waals surface area (Å²) in [7, 11) is 1.98. The molecule has 90 valence electrons. The minimum atomic E-state index is 0.751. The predicted molar refractivity (Wildman–Crippen MR) is 73.1 cm³/mol. The highest BCUT2D eigenvalue weighted by atomic mass is 15.1. The van der Waals surface area contributed by atoms with E-state index in [1.54, 1.807) is 6.20 Å². The number of hydrogen-bond acceptors (Lipinski definition) is 3. The molecule has 2 aromatic heterocycles. The summed E-state index contributed by atoms with van der Waals surface area (Å²) >= 11 is 0. The summed E-state index contributed by atoms with van der Waals surface area (Å²) < 4.78 is 2.03. The minimum Gasteiger partial charge on any atom is -0.398 e. The maximum atomic E-state index is 6.08. The molecule has 0 spiro atoms. The van der Waals surface area contributed by atoms with Crippen LogP contribution in [-0.4, -0.2) is 14.5 Å². The summed E-state index contributed by atoms with van der Waals surface area (Å²) in [5, 5.41) is 0. The van der Waals surface area contributed by atoms with Crippen molar-refractivity contribution in [3.63, 3.8) is 0 Å².